The van der Waals surface area contributed by atoms with Crippen LogP contribution in [0.25, 0.3) is 10.9 Å². The molecule has 3 saturated carbocycles. The van der Waals surface area contributed by atoms with Crippen molar-refractivity contribution in [2.45, 2.75) is 145 Å². The van der Waals surface area contributed by atoms with Crippen molar-refractivity contribution in [1.82, 2.24) is 14.6 Å². The molecular weight excluding hydrogens is 742 g/mol. The van der Waals surface area contributed by atoms with Crippen LogP contribution in [0.15, 0.2) is 30.4 Å². The highest BCUT2D eigenvalue weighted by Gasteiger charge is 2.63. The van der Waals surface area contributed by atoms with Crippen molar-refractivity contribution in [2.24, 2.45) is 17.3 Å². The number of ether oxygens (including phenoxy) is 2. The van der Waals surface area contributed by atoms with Crippen molar-refractivity contribution in [3.63, 3.8) is 0 Å². The molecular formula is C42H52ClN3O8S. The molecule has 4 heterocycles. The average molecular weight is 794 g/mol. The predicted octanol–water partition coefficient (Wildman–Crippen LogP) is 6.84. The van der Waals surface area contributed by atoms with E-state index in [9.17, 15) is 27.6 Å². The van der Waals surface area contributed by atoms with E-state index in [-0.39, 0.29) is 55.5 Å². The summed E-state index contributed by atoms with van der Waals surface area (Å²) in [5.74, 6) is -1.95. The summed E-state index contributed by atoms with van der Waals surface area (Å²) in [6, 6.07) is 4.68. The zero-order chi connectivity index (χ0) is 38.8. The molecule has 0 radical (unpaired) electrons. The van der Waals surface area contributed by atoms with Crippen LogP contribution in [0.4, 0.5) is 0 Å². The number of amides is 2. The molecule has 4 fully saturated rings. The van der Waals surface area contributed by atoms with E-state index in [0.717, 1.165) is 67.8 Å². The van der Waals surface area contributed by atoms with Gasteiger partial charge < -0.3 is 14.4 Å². The molecule has 6 aliphatic rings. The third-order valence-electron chi connectivity index (χ3n) is 13.4. The summed E-state index contributed by atoms with van der Waals surface area (Å²) in [6.45, 7) is 3.66. The molecule has 5 atom stereocenters. The number of benzene rings is 1. The number of hydrogen-bond donors (Lipinski definition) is 1. The fourth-order valence-electron chi connectivity index (χ4n) is 9.58. The van der Waals surface area contributed by atoms with Gasteiger partial charge >= 0.3 is 5.97 Å². The van der Waals surface area contributed by atoms with E-state index in [0.29, 0.717) is 55.0 Å². The van der Waals surface area contributed by atoms with Crippen molar-refractivity contribution in [2.75, 3.05) is 6.54 Å². The van der Waals surface area contributed by atoms with Gasteiger partial charge in [-0.15, -0.1) is 0 Å². The number of aryl methyl sites for hydroxylation is 2. The molecule has 0 bridgehead atoms. The summed E-state index contributed by atoms with van der Waals surface area (Å²) in [7, 11) is -3.93. The first kappa shape index (κ1) is 38.4. The molecule has 2 amide bonds. The van der Waals surface area contributed by atoms with E-state index in [1.807, 2.05) is 37.3 Å². The van der Waals surface area contributed by atoms with Crippen LogP contribution >= 0.6 is 11.6 Å². The van der Waals surface area contributed by atoms with E-state index < -0.39 is 43.7 Å². The van der Waals surface area contributed by atoms with Crippen molar-refractivity contribution < 1.29 is 37.1 Å². The van der Waals surface area contributed by atoms with Gasteiger partial charge in [-0.25, -0.2) is 13.4 Å². The molecule has 8 rings (SSSR count). The Morgan fingerprint density at radius 2 is 1.82 bits per heavy atom. The Balaban J connectivity index is 1.12. The van der Waals surface area contributed by atoms with Crippen LogP contribution in [0, 0.1) is 24.2 Å². The Kier molecular flexibility index (Phi) is 10.1. The number of pyridine rings is 1. The molecule has 3 aliphatic heterocycles. The van der Waals surface area contributed by atoms with E-state index in [4.69, 9.17) is 26.1 Å². The second-order valence-corrected chi connectivity index (χ2v) is 20.1. The first-order chi connectivity index (χ1) is 26.2. The quantitative estimate of drug-likeness (QED) is 0.245. The second-order valence-electron chi connectivity index (χ2n) is 17.5. The highest BCUT2D eigenvalue weighted by atomic mass is 35.5. The number of Topliss-reactive ketones (excluding diaryl/α,β-unsaturated/α-hetero) is 1. The minimum Gasteiger partial charge on any atom is -0.483 e. The van der Waals surface area contributed by atoms with Gasteiger partial charge in [0.25, 0.3) is 0 Å². The summed E-state index contributed by atoms with van der Waals surface area (Å²) in [6.07, 6.45) is 13.6. The molecule has 296 valence electrons. The minimum absolute atomic E-state index is 0.0635. The Hall–Kier alpha value is -3.51. The Bertz CT molecular complexity index is 2060. The van der Waals surface area contributed by atoms with Gasteiger partial charge in [-0.2, -0.15) is 0 Å². The lowest BCUT2D eigenvalue weighted by Gasteiger charge is -2.36. The topological polar surface area (TPSA) is 149 Å². The lowest BCUT2D eigenvalue weighted by atomic mass is 9.85. The zero-order valence-corrected chi connectivity index (χ0v) is 33.4. The standard InChI is InChI=1S/C42H52ClN3O8S/c1-26-37-32(31-15-14-29(43)21-33(31)44-26)16-17-41(54-37)23-34-35(47)24-42(39(50)45-55(51,52)40(2)18-19-40)22-28(42)11-7-5-3-4-6-10-27(38(49)46(34)25-41)20-36(48)53-30-12-8-9-13-30/h7,11,14-15,21,27-28,30,34H,3-6,8-10,12-13,16-20,22-25H2,1-2H3,(H,45,50)/b11-7-/t27-,28-,34+,41-,42-/m1/s1. The fourth-order valence-corrected chi connectivity index (χ4v) is 11.1. The van der Waals surface area contributed by atoms with Gasteiger partial charge in [0.15, 0.2) is 5.78 Å². The minimum atomic E-state index is -3.93. The van der Waals surface area contributed by atoms with Gasteiger partial charge in [-0.05, 0) is 109 Å². The molecule has 1 aromatic heterocycles. The van der Waals surface area contributed by atoms with Gasteiger partial charge in [-0.1, -0.05) is 42.7 Å². The maximum absolute atomic E-state index is 14.9. The van der Waals surface area contributed by atoms with Crippen LogP contribution in [0.3, 0.4) is 0 Å². The van der Waals surface area contributed by atoms with Crippen LogP contribution < -0.4 is 9.46 Å². The molecule has 0 unspecified atom stereocenters. The number of nitrogens with one attached hydrogen (secondary N) is 1. The van der Waals surface area contributed by atoms with Gasteiger partial charge in [0.2, 0.25) is 21.8 Å². The molecule has 11 nitrogen and oxygen atoms in total. The number of ketones is 1. The monoisotopic (exact) mass is 793 g/mol. The number of carbonyl (C=O) groups excluding carboxylic acids is 4. The Morgan fingerprint density at radius 3 is 2.58 bits per heavy atom. The number of carbonyl (C=O) groups is 4. The van der Waals surface area contributed by atoms with Gasteiger partial charge in [0.05, 0.1) is 40.4 Å². The SMILES string of the molecule is Cc1nc2cc(Cl)ccc2c2c1O[C@]1(CC2)C[C@H]2C(=O)C[C@]3(C(=O)NS(=O)(=O)C4(C)CC4)C[C@H]3/C=C\CCCCC[C@H](CC(=O)OC3CCCC3)C(=O)N2C1. The van der Waals surface area contributed by atoms with Crippen LogP contribution in [-0.4, -0.2) is 70.9 Å². The van der Waals surface area contributed by atoms with E-state index in [1.54, 1.807) is 11.8 Å². The molecule has 2 aromatic rings. The maximum atomic E-state index is 14.9. The largest absolute Gasteiger partial charge is 0.483 e. The lowest BCUT2D eigenvalue weighted by molar-refractivity contribution is -0.154. The smallest absolute Gasteiger partial charge is 0.306 e. The van der Waals surface area contributed by atoms with Gasteiger partial charge in [-0.3, -0.25) is 23.9 Å². The van der Waals surface area contributed by atoms with Crippen molar-refractivity contribution >= 4 is 56.1 Å². The molecule has 1 aromatic carbocycles. The van der Waals surface area contributed by atoms with Crippen LogP contribution in [-0.2, 0) is 40.4 Å². The summed E-state index contributed by atoms with van der Waals surface area (Å²) in [5.41, 5.74) is 0.328. The number of aromatic nitrogens is 1. The third kappa shape index (κ3) is 7.42. The highest BCUT2D eigenvalue weighted by Crippen LogP contribution is 2.58. The van der Waals surface area contributed by atoms with Crippen LogP contribution in [0.1, 0.15) is 121 Å². The number of halogens is 1. The Morgan fingerprint density at radius 1 is 1.05 bits per heavy atom. The highest BCUT2D eigenvalue weighted by molar-refractivity contribution is 7.91. The van der Waals surface area contributed by atoms with Crippen molar-refractivity contribution in [3.05, 3.63) is 46.6 Å². The van der Waals surface area contributed by atoms with Crippen molar-refractivity contribution in [3.8, 4) is 5.75 Å². The number of allylic oxidation sites excluding steroid dienone is 2. The van der Waals surface area contributed by atoms with Crippen LogP contribution in [0.5, 0.6) is 5.75 Å². The summed E-state index contributed by atoms with van der Waals surface area (Å²) in [5, 5.41) is 1.53. The number of sulfonamides is 1. The predicted molar refractivity (Wildman–Crippen MR) is 207 cm³/mol. The molecule has 1 saturated heterocycles. The first-order valence-corrected chi connectivity index (χ1v) is 22.1. The molecule has 13 heteroatoms. The normalized spacial score (nSPS) is 31.4. The average Bonchev–Trinajstić information content (AvgIpc) is 3.93. The maximum Gasteiger partial charge on any atom is 0.306 e. The summed E-state index contributed by atoms with van der Waals surface area (Å²) >= 11 is 6.30. The van der Waals surface area contributed by atoms with E-state index in [1.165, 1.54) is 0 Å². The molecule has 3 aliphatic carbocycles. The van der Waals surface area contributed by atoms with Crippen LogP contribution in [0.2, 0.25) is 5.02 Å². The second kappa shape index (κ2) is 14.5. The molecule has 1 N–H and O–H groups in total. The number of hydrogen-bond acceptors (Lipinski definition) is 9. The Labute approximate surface area is 328 Å². The van der Waals surface area contributed by atoms with Crippen molar-refractivity contribution in [1.29, 1.82) is 0 Å². The number of rotatable bonds is 6. The molecule has 55 heavy (non-hydrogen) atoms. The zero-order valence-electron chi connectivity index (χ0n) is 31.9. The van der Waals surface area contributed by atoms with E-state index in [2.05, 4.69) is 4.72 Å². The number of esters is 1. The van der Waals surface area contributed by atoms with E-state index >= 15 is 0 Å². The first-order valence-electron chi connectivity index (χ1n) is 20.3. The fraction of sp³-hybridized carbons (Fsp3) is 0.643. The number of fused-ring (bicyclic) bond motifs is 5. The summed E-state index contributed by atoms with van der Waals surface area (Å²) < 4.78 is 40.6. The number of nitrogens with zero attached hydrogens (tertiary/aromatic N) is 2. The summed E-state index contributed by atoms with van der Waals surface area (Å²) in [4.78, 5) is 63.4. The lowest BCUT2D eigenvalue weighted by Crippen LogP contribution is -2.48. The van der Waals surface area contributed by atoms with Gasteiger partial charge in [0.1, 0.15) is 17.5 Å². The van der Waals surface area contributed by atoms with Gasteiger partial charge in [0, 0.05) is 34.7 Å². The third-order valence-corrected chi connectivity index (χ3v) is 15.8. The molecule has 1 spiro atoms.